The van der Waals surface area contributed by atoms with Gasteiger partial charge in [-0.05, 0) is 44.4 Å². The Morgan fingerprint density at radius 3 is 2.71 bits per heavy atom. The first kappa shape index (κ1) is 22.1. The molecule has 0 N–H and O–H groups in total. The van der Waals surface area contributed by atoms with Crippen LogP contribution in [0.3, 0.4) is 0 Å². The lowest BCUT2D eigenvalue weighted by molar-refractivity contribution is -0.0383. The standard InChI is InChI=1S/C25H28FN7O2/c1-16-15-34-12-10-32(16)21-13-17(19-6-8-28-31(19)2)23-18(26)14-27-24(25(23)30-21)20-7-9-29-33(20)22-5-3-4-11-35-22/h6-9,13-14,16,22H,3-5,10-12,15H2,1-2H3/t16-,22?/m1/s1. The molecule has 4 aromatic rings. The van der Waals surface area contributed by atoms with Gasteiger partial charge in [0, 0.05) is 43.5 Å². The molecule has 2 saturated heterocycles. The first-order chi connectivity index (χ1) is 17.1. The highest BCUT2D eigenvalue weighted by molar-refractivity contribution is 6.01. The van der Waals surface area contributed by atoms with Crippen LogP contribution in [0.2, 0.25) is 0 Å². The summed E-state index contributed by atoms with van der Waals surface area (Å²) in [5, 5.41) is 9.29. The van der Waals surface area contributed by atoms with E-state index in [1.165, 1.54) is 6.20 Å². The van der Waals surface area contributed by atoms with Crippen molar-refractivity contribution in [2.24, 2.45) is 7.05 Å². The Morgan fingerprint density at radius 1 is 1.09 bits per heavy atom. The molecule has 9 nitrogen and oxygen atoms in total. The summed E-state index contributed by atoms with van der Waals surface area (Å²) < 4.78 is 30.7. The summed E-state index contributed by atoms with van der Waals surface area (Å²) in [6, 6.07) is 5.88. The Morgan fingerprint density at radius 2 is 1.94 bits per heavy atom. The average Bonchev–Trinajstić information content (AvgIpc) is 3.54. The number of aromatic nitrogens is 6. The molecule has 1 unspecified atom stereocenters. The molecule has 35 heavy (non-hydrogen) atoms. The minimum absolute atomic E-state index is 0.138. The summed E-state index contributed by atoms with van der Waals surface area (Å²) in [5.74, 6) is 0.340. The van der Waals surface area contributed by atoms with E-state index in [0.717, 1.165) is 42.0 Å². The maximum Gasteiger partial charge on any atom is 0.151 e. The zero-order valence-electron chi connectivity index (χ0n) is 19.9. The van der Waals surface area contributed by atoms with Gasteiger partial charge in [0.15, 0.2) is 12.0 Å². The highest BCUT2D eigenvalue weighted by atomic mass is 19.1. The van der Waals surface area contributed by atoms with Crippen molar-refractivity contribution >= 4 is 16.7 Å². The minimum Gasteiger partial charge on any atom is -0.377 e. The van der Waals surface area contributed by atoms with Gasteiger partial charge >= 0.3 is 0 Å². The largest absolute Gasteiger partial charge is 0.377 e. The van der Waals surface area contributed by atoms with Crippen LogP contribution in [0.1, 0.15) is 32.4 Å². The fourth-order valence-electron chi connectivity index (χ4n) is 5.08. The molecule has 0 aromatic carbocycles. The van der Waals surface area contributed by atoms with Crippen molar-refractivity contribution in [2.45, 2.75) is 38.5 Å². The summed E-state index contributed by atoms with van der Waals surface area (Å²) in [4.78, 5) is 11.8. The van der Waals surface area contributed by atoms with Gasteiger partial charge in [0.1, 0.15) is 17.0 Å². The van der Waals surface area contributed by atoms with E-state index < -0.39 is 5.82 Å². The predicted octanol–water partition coefficient (Wildman–Crippen LogP) is 3.96. The van der Waals surface area contributed by atoms with Crippen molar-refractivity contribution in [1.29, 1.82) is 0 Å². The lowest BCUT2D eigenvalue weighted by Crippen LogP contribution is -2.44. The SMILES string of the molecule is C[C@@H]1COCCN1c1cc(-c2ccnn2C)c2c(F)cnc(-c3ccnn3C3CCCCO3)c2n1. The van der Waals surface area contributed by atoms with E-state index in [0.29, 0.717) is 43.0 Å². The zero-order valence-corrected chi connectivity index (χ0v) is 19.9. The van der Waals surface area contributed by atoms with E-state index in [1.807, 2.05) is 29.9 Å². The molecule has 4 aromatic heterocycles. The van der Waals surface area contributed by atoms with Crippen LogP contribution in [0.25, 0.3) is 33.5 Å². The highest BCUT2D eigenvalue weighted by Crippen LogP contribution is 2.38. The summed E-state index contributed by atoms with van der Waals surface area (Å²) in [6.07, 6.45) is 7.54. The molecular weight excluding hydrogens is 449 g/mol. The third kappa shape index (κ3) is 3.86. The van der Waals surface area contributed by atoms with Crippen molar-refractivity contribution in [3.05, 3.63) is 42.6 Å². The maximum absolute atomic E-state index is 15.5. The number of ether oxygens (including phenoxy) is 2. The van der Waals surface area contributed by atoms with Gasteiger partial charge in [-0.1, -0.05) is 0 Å². The van der Waals surface area contributed by atoms with E-state index in [9.17, 15) is 0 Å². The number of fused-ring (bicyclic) bond motifs is 1. The van der Waals surface area contributed by atoms with Crippen molar-refractivity contribution in [1.82, 2.24) is 29.5 Å². The van der Waals surface area contributed by atoms with Crippen LogP contribution < -0.4 is 4.90 Å². The van der Waals surface area contributed by atoms with Gasteiger partial charge in [0.05, 0.1) is 36.8 Å². The van der Waals surface area contributed by atoms with Gasteiger partial charge in [0.2, 0.25) is 0 Å². The molecule has 0 spiro atoms. The molecule has 6 rings (SSSR count). The second-order valence-corrected chi connectivity index (χ2v) is 9.15. The molecule has 2 aliphatic rings. The molecule has 0 saturated carbocycles. The van der Waals surface area contributed by atoms with Gasteiger partial charge in [-0.15, -0.1) is 0 Å². The first-order valence-electron chi connectivity index (χ1n) is 12.1. The van der Waals surface area contributed by atoms with Crippen molar-refractivity contribution in [3.63, 3.8) is 0 Å². The van der Waals surface area contributed by atoms with Gasteiger partial charge in [-0.2, -0.15) is 10.2 Å². The summed E-state index contributed by atoms with van der Waals surface area (Å²) in [5.41, 5.74) is 3.37. The second-order valence-electron chi connectivity index (χ2n) is 9.15. The van der Waals surface area contributed by atoms with Crippen LogP contribution in [0.15, 0.2) is 36.8 Å². The number of anilines is 1. The number of nitrogens with zero attached hydrogens (tertiary/aromatic N) is 7. The molecule has 0 amide bonds. The monoisotopic (exact) mass is 477 g/mol. The number of morpholine rings is 1. The quantitative estimate of drug-likeness (QED) is 0.440. The number of pyridine rings is 2. The van der Waals surface area contributed by atoms with Crippen molar-refractivity contribution in [2.75, 3.05) is 31.3 Å². The fraction of sp³-hybridized carbons (Fsp3) is 0.440. The summed E-state index contributed by atoms with van der Waals surface area (Å²) >= 11 is 0. The highest BCUT2D eigenvalue weighted by Gasteiger charge is 2.27. The summed E-state index contributed by atoms with van der Waals surface area (Å²) in [6.45, 7) is 4.74. The minimum atomic E-state index is -0.422. The lowest BCUT2D eigenvalue weighted by atomic mass is 10.0. The Kier molecular flexibility index (Phi) is 5.69. The van der Waals surface area contributed by atoms with E-state index >= 15 is 4.39 Å². The van der Waals surface area contributed by atoms with Gasteiger partial charge in [-0.3, -0.25) is 4.68 Å². The molecule has 0 aliphatic carbocycles. The van der Waals surface area contributed by atoms with Crippen LogP contribution in [-0.4, -0.2) is 61.9 Å². The van der Waals surface area contributed by atoms with Crippen LogP contribution in [-0.2, 0) is 16.5 Å². The van der Waals surface area contributed by atoms with Crippen LogP contribution in [0, 0.1) is 5.82 Å². The van der Waals surface area contributed by atoms with E-state index in [-0.39, 0.29) is 12.3 Å². The molecule has 2 atom stereocenters. The van der Waals surface area contributed by atoms with Crippen molar-refractivity contribution < 1.29 is 13.9 Å². The zero-order chi connectivity index (χ0) is 23.9. The molecule has 0 radical (unpaired) electrons. The van der Waals surface area contributed by atoms with Crippen LogP contribution in [0.5, 0.6) is 0 Å². The number of hydrogen-bond donors (Lipinski definition) is 0. The predicted molar refractivity (Wildman–Crippen MR) is 129 cm³/mol. The molecule has 2 fully saturated rings. The third-order valence-corrected chi connectivity index (χ3v) is 6.88. The number of halogens is 1. The normalized spacial score (nSPS) is 21.1. The number of rotatable bonds is 4. The number of hydrogen-bond acceptors (Lipinski definition) is 7. The Labute approximate surface area is 202 Å². The maximum atomic E-state index is 15.5. The van der Waals surface area contributed by atoms with Gasteiger partial charge in [0.25, 0.3) is 0 Å². The molecule has 2 aliphatic heterocycles. The first-order valence-corrected chi connectivity index (χ1v) is 12.1. The molecule has 182 valence electrons. The molecule has 10 heteroatoms. The molecule has 0 bridgehead atoms. The molecule has 6 heterocycles. The molecular formula is C25H28FN7O2. The smallest absolute Gasteiger partial charge is 0.151 e. The topological polar surface area (TPSA) is 83.1 Å². The van der Waals surface area contributed by atoms with Crippen molar-refractivity contribution in [3.8, 4) is 22.6 Å². The van der Waals surface area contributed by atoms with Gasteiger partial charge in [-0.25, -0.2) is 19.0 Å². The van der Waals surface area contributed by atoms with Crippen LogP contribution >= 0.6 is 0 Å². The second kappa shape index (κ2) is 9.01. The van der Waals surface area contributed by atoms with Crippen LogP contribution in [0.4, 0.5) is 10.2 Å². The van der Waals surface area contributed by atoms with Gasteiger partial charge < -0.3 is 14.4 Å². The van der Waals surface area contributed by atoms with E-state index in [4.69, 9.17) is 14.5 Å². The van der Waals surface area contributed by atoms with E-state index in [2.05, 4.69) is 27.0 Å². The summed E-state index contributed by atoms with van der Waals surface area (Å²) in [7, 11) is 1.86. The van der Waals surface area contributed by atoms with E-state index in [1.54, 1.807) is 17.1 Å². The lowest BCUT2D eigenvalue weighted by Gasteiger charge is -2.34. The third-order valence-electron chi connectivity index (χ3n) is 6.88. The Bertz CT molecular complexity index is 1360. The average molecular weight is 478 g/mol. The number of aryl methyl sites for hydroxylation is 1. The fourth-order valence-corrected chi connectivity index (χ4v) is 5.08. The Balaban J connectivity index is 1.60. The Hall–Kier alpha value is -3.37.